The lowest BCUT2D eigenvalue weighted by Crippen LogP contribution is -2.34. The molecule has 0 heterocycles. The summed E-state index contributed by atoms with van der Waals surface area (Å²) in [6, 6.07) is 13.1. The van der Waals surface area contributed by atoms with E-state index in [9.17, 15) is 14.4 Å². The summed E-state index contributed by atoms with van der Waals surface area (Å²) in [6.45, 7) is 7.13. The fourth-order valence-electron chi connectivity index (χ4n) is 2.74. The van der Waals surface area contributed by atoms with Gasteiger partial charge in [-0.3, -0.25) is 14.4 Å². The maximum Gasteiger partial charge on any atom is 0.325 e. The van der Waals surface area contributed by atoms with Crippen LogP contribution in [0, 0.1) is 13.8 Å². The number of nitrogens with one attached hydrogen (secondary N) is 2. The second-order valence-corrected chi connectivity index (χ2v) is 7.03. The van der Waals surface area contributed by atoms with Crippen LogP contribution in [0.15, 0.2) is 42.5 Å². The van der Waals surface area contributed by atoms with Crippen LogP contribution < -0.4 is 10.6 Å². The number of carbonyl (C=O) groups excluding carboxylic acids is 3. The van der Waals surface area contributed by atoms with Crippen molar-refractivity contribution in [3.63, 3.8) is 0 Å². The lowest BCUT2D eigenvalue weighted by molar-refractivity contribution is -0.147. The van der Waals surface area contributed by atoms with E-state index in [-0.39, 0.29) is 18.5 Å². The molecular formula is C23H28N2O4. The van der Waals surface area contributed by atoms with Gasteiger partial charge in [-0.25, -0.2) is 0 Å². The molecule has 0 bridgehead atoms. The molecule has 154 valence electrons. The molecule has 0 fully saturated rings. The van der Waals surface area contributed by atoms with Crippen LogP contribution in [0.2, 0.25) is 0 Å². The van der Waals surface area contributed by atoms with E-state index in [1.54, 1.807) is 12.1 Å². The molecule has 0 saturated heterocycles. The number of esters is 1. The molecule has 0 aliphatic carbocycles. The quantitative estimate of drug-likeness (QED) is 0.672. The van der Waals surface area contributed by atoms with Crippen LogP contribution in [0.5, 0.6) is 0 Å². The molecule has 0 unspecified atom stereocenters. The number of benzene rings is 2. The Hall–Kier alpha value is -3.15. The van der Waals surface area contributed by atoms with Gasteiger partial charge in [-0.2, -0.15) is 0 Å². The first kappa shape index (κ1) is 22.1. The monoisotopic (exact) mass is 396 g/mol. The minimum atomic E-state index is -0.669. The van der Waals surface area contributed by atoms with E-state index in [0.29, 0.717) is 5.56 Å². The molecule has 29 heavy (non-hydrogen) atoms. The van der Waals surface area contributed by atoms with Gasteiger partial charge in [0.15, 0.2) is 6.61 Å². The van der Waals surface area contributed by atoms with Gasteiger partial charge in [0.25, 0.3) is 11.8 Å². The fraction of sp³-hybridized carbons (Fsp3) is 0.348. The molecule has 2 aromatic rings. The number of aryl methyl sites for hydroxylation is 3. The molecule has 2 amide bonds. The van der Waals surface area contributed by atoms with E-state index in [0.717, 1.165) is 23.1 Å². The number of carbonyl (C=O) groups is 3. The molecule has 0 spiro atoms. The van der Waals surface area contributed by atoms with Gasteiger partial charge >= 0.3 is 5.97 Å². The molecule has 0 aliphatic heterocycles. The van der Waals surface area contributed by atoms with E-state index in [2.05, 4.69) is 17.6 Å². The van der Waals surface area contributed by atoms with Crippen molar-refractivity contribution in [2.24, 2.45) is 0 Å². The van der Waals surface area contributed by atoms with Crippen molar-refractivity contribution in [3.05, 3.63) is 70.3 Å². The van der Waals surface area contributed by atoms with E-state index in [4.69, 9.17) is 4.74 Å². The third-order valence-corrected chi connectivity index (χ3v) is 4.79. The first-order valence-corrected chi connectivity index (χ1v) is 9.69. The molecule has 2 aromatic carbocycles. The Balaban J connectivity index is 1.74. The van der Waals surface area contributed by atoms with Crippen molar-refractivity contribution in [2.45, 2.75) is 40.2 Å². The summed E-state index contributed by atoms with van der Waals surface area (Å²) in [5.41, 5.74) is 4.76. The van der Waals surface area contributed by atoms with Gasteiger partial charge in [0.2, 0.25) is 0 Å². The summed E-state index contributed by atoms with van der Waals surface area (Å²) in [6.07, 6.45) is 0.955. The maximum absolute atomic E-state index is 12.1. The van der Waals surface area contributed by atoms with Crippen LogP contribution in [-0.4, -0.2) is 30.9 Å². The average Bonchev–Trinajstić information content (AvgIpc) is 2.72. The number of rotatable bonds is 8. The maximum atomic E-state index is 12.1. The number of amides is 2. The Morgan fingerprint density at radius 2 is 1.69 bits per heavy atom. The molecule has 0 aliphatic rings. The predicted molar refractivity (Wildman–Crippen MR) is 112 cm³/mol. The van der Waals surface area contributed by atoms with Crippen LogP contribution in [0.25, 0.3) is 0 Å². The number of ether oxygens (including phenoxy) is 1. The van der Waals surface area contributed by atoms with Gasteiger partial charge in [0.05, 0.1) is 6.04 Å². The summed E-state index contributed by atoms with van der Waals surface area (Å²) in [5, 5.41) is 5.29. The lowest BCUT2D eigenvalue weighted by atomic mass is 10.1. The van der Waals surface area contributed by atoms with Crippen LogP contribution in [0.3, 0.4) is 0 Å². The van der Waals surface area contributed by atoms with Gasteiger partial charge in [0.1, 0.15) is 6.54 Å². The normalized spacial score (nSPS) is 11.4. The largest absolute Gasteiger partial charge is 0.454 e. The van der Waals surface area contributed by atoms with E-state index in [1.165, 1.54) is 5.56 Å². The summed E-state index contributed by atoms with van der Waals surface area (Å²) < 4.78 is 4.94. The molecule has 2 N–H and O–H groups in total. The summed E-state index contributed by atoms with van der Waals surface area (Å²) in [5.74, 6) is -1.43. The second kappa shape index (κ2) is 10.4. The molecule has 0 radical (unpaired) electrons. The van der Waals surface area contributed by atoms with Crippen molar-refractivity contribution in [3.8, 4) is 0 Å². The van der Waals surface area contributed by atoms with Crippen molar-refractivity contribution in [2.75, 3.05) is 13.2 Å². The van der Waals surface area contributed by atoms with Gasteiger partial charge in [-0.15, -0.1) is 0 Å². The highest BCUT2D eigenvalue weighted by Gasteiger charge is 2.13. The Kier molecular flexibility index (Phi) is 7.95. The SMILES string of the molecule is CCc1ccc([C@@H](C)NC(=O)COC(=O)CNC(=O)c2ccc(C)c(C)c2)cc1. The van der Waals surface area contributed by atoms with Crippen LogP contribution in [0.1, 0.15) is 52.5 Å². The lowest BCUT2D eigenvalue weighted by Gasteiger charge is -2.15. The molecular weight excluding hydrogens is 368 g/mol. The van der Waals surface area contributed by atoms with Crippen molar-refractivity contribution in [1.29, 1.82) is 0 Å². The average molecular weight is 396 g/mol. The van der Waals surface area contributed by atoms with Gasteiger partial charge in [-0.05, 0) is 61.6 Å². The first-order chi connectivity index (χ1) is 13.8. The van der Waals surface area contributed by atoms with Crippen molar-refractivity contribution < 1.29 is 19.1 Å². The van der Waals surface area contributed by atoms with Crippen molar-refractivity contribution in [1.82, 2.24) is 10.6 Å². The highest BCUT2D eigenvalue weighted by molar-refractivity contribution is 5.96. The smallest absolute Gasteiger partial charge is 0.325 e. The molecule has 0 saturated carbocycles. The zero-order chi connectivity index (χ0) is 21.4. The molecule has 6 nitrogen and oxygen atoms in total. The van der Waals surface area contributed by atoms with Crippen LogP contribution in [-0.2, 0) is 20.7 Å². The summed E-state index contributed by atoms with van der Waals surface area (Å²) in [4.78, 5) is 35.9. The molecule has 0 aromatic heterocycles. The molecule has 2 rings (SSSR count). The Morgan fingerprint density at radius 1 is 1.00 bits per heavy atom. The third-order valence-electron chi connectivity index (χ3n) is 4.79. The molecule has 6 heteroatoms. The Bertz CT molecular complexity index is 875. The van der Waals surface area contributed by atoms with Gasteiger partial charge in [-0.1, -0.05) is 37.3 Å². The minimum absolute atomic E-state index is 0.198. The van der Waals surface area contributed by atoms with Crippen LogP contribution in [0.4, 0.5) is 0 Å². The van der Waals surface area contributed by atoms with E-state index in [1.807, 2.05) is 51.1 Å². The third kappa shape index (κ3) is 6.75. The zero-order valence-electron chi connectivity index (χ0n) is 17.4. The minimum Gasteiger partial charge on any atom is -0.454 e. The number of hydrogen-bond donors (Lipinski definition) is 2. The highest BCUT2D eigenvalue weighted by Crippen LogP contribution is 2.13. The van der Waals surface area contributed by atoms with Gasteiger partial charge in [0, 0.05) is 5.56 Å². The summed E-state index contributed by atoms with van der Waals surface area (Å²) in [7, 11) is 0. The standard InChI is InChI=1S/C23H28N2O4/c1-5-18-7-10-19(11-8-18)17(4)25-21(26)14-29-22(27)13-24-23(28)20-9-6-15(2)16(3)12-20/h6-12,17H,5,13-14H2,1-4H3,(H,24,28)(H,25,26)/t17-/m1/s1. The first-order valence-electron chi connectivity index (χ1n) is 9.69. The zero-order valence-corrected chi connectivity index (χ0v) is 17.4. The van der Waals surface area contributed by atoms with Gasteiger partial charge < -0.3 is 15.4 Å². The topological polar surface area (TPSA) is 84.5 Å². The Morgan fingerprint density at radius 3 is 2.31 bits per heavy atom. The Labute approximate surface area is 171 Å². The van der Waals surface area contributed by atoms with E-state index < -0.39 is 18.5 Å². The summed E-state index contributed by atoms with van der Waals surface area (Å²) >= 11 is 0. The predicted octanol–water partition coefficient (Wildman–Crippen LogP) is 3.02. The van der Waals surface area contributed by atoms with E-state index >= 15 is 0 Å². The second-order valence-electron chi connectivity index (χ2n) is 7.03. The fourth-order valence-corrected chi connectivity index (χ4v) is 2.74. The molecule has 1 atom stereocenters. The van der Waals surface area contributed by atoms with Crippen molar-refractivity contribution >= 4 is 17.8 Å². The number of hydrogen-bond acceptors (Lipinski definition) is 4. The highest BCUT2D eigenvalue weighted by atomic mass is 16.5. The van der Waals surface area contributed by atoms with Crippen LogP contribution >= 0.6 is 0 Å².